The lowest BCUT2D eigenvalue weighted by molar-refractivity contribution is -0.121. The fourth-order valence-corrected chi connectivity index (χ4v) is 2.02. The zero-order valence-corrected chi connectivity index (χ0v) is 11.1. The van der Waals surface area contributed by atoms with Crippen LogP contribution in [0, 0.1) is 12.8 Å². The van der Waals surface area contributed by atoms with Gasteiger partial charge in [-0.3, -0.25) is 4.79 Å². The maximum absolute atomic E-state index is 11.7. The molecule has 3 N–H and O–H groups in total. The number of aryl methyl sites for hydroxylation is 1. The molecule has 5 nitrogen and oxygen atoms in total. The van der Waals surface area contributed by atoms with Crippen LogP contribution in [0.3, 0.4) is 0 Å². The molecule has 1 amide bonds. The van der Waals surface area contributed by atoms with E-state index in [0.717, 1.165) is 25.2 Å². The first-order valence-corrected chi connectivity index (χ1v) is 6.46. The first-order valence-electron chi connectivity index (χ1n) is 6.46. The Balaban J connectivity index is 1.74. The van der Waals surface area contributed by atoms with Crippen molar-refractivity contribution < 1.29 is 14.3 Å². The summed E-state index contributed by atoms with van der Waals surface area (Å²) in [4.78, 5) is 11.7. The fraction of sp³-hybridized carbons (Fsp3) is 0.500. The maximum atomic E-state index is 11.7. The Hall–Kier alpha value is -1.59. The van der Waals surface area contributed by atoms with Crippen LogP contribution in [0.4, 0.5) is 11.4 Å². The average molecular weight is 264 g/mol. The first kappa shape index (κ1) is 13.8. The van der Waals surface area contributed by atoms with Crippen molar-refractivity contribution in [1.29, 1.82) is 0 Å². The highest BCUT2D eigenvalue weighted by molar-refractivity contribution is 5.94. The van der Waals surface area contributed by atoms with Crippen LogP contribution in [0.5, 0.6) is 0 Å². The van der Waals surface area contributed by atoms with Crippen molar-refractivity contribution in [1.82, 2.24) is 0 Å². The van der Waals surface area contributed by atoms with Gasteiger partial charge in [-0.05, 0) is 31.0 Å². The number of carbonyl (C=O) groups excluding carboxylic acids is 1. The van der Waals surface area contributed by atoms with Crippen LogP contribution in [0.15, 0.2) is 18.2 Å². The standard InChI is InChI=1S/C14H20N2O3/c1-10-2-3-13(12(15)6-10)16-14(17)9-19-8-11-4-5-18-7-11/h2-3,6,11H,4-5,7-9,15H2,1H3,(H,16,17). The molecule has 1 aliphatic rings. The van der Waals surface area contributed by atoms with Gasteiger partial charge < -0.3 is 20.5 Å². The minimum Gasteiger partial charge on any atom is -0.397 e. The molecular weight excluding hydrogens is 244 g/mol. The van der Waals surface area contributed by atoms with Gasteiger partial charge in [-0.25, -0.2) is 0 Å². The molecule has 1 unspecified atom stereocenters. The SMILES string of the molecule is Cc1ccc(NC(=O)COCC2CCOC2)c(N)c1. The number of nitrogens with one attached hydrogen (secondary N) is 1. The van der Waals surface area contributed by atoms with Crippen LogP contribution in [-0.4, -0.2) is 32.3 Å². The summed E-state index contributed by atoms with van der Waals surface area (Å²) < 4.78 is 10.6. The number of amides is 1. The smallest absolute Gasteiger partial charge is 0.250 e. The number of nitrogens with two attached hydrogens (primary N) is 1. The second-order valence-corrected chi connectivity index (χ2v) is 4.88. The number of benzene rings is 1. The highest BCUT2D eigenvalue weighted by atomic mass is 16.5. The molecule has 0 aliphatic carbocycles. The third kappa shape index (κ3) is 4.22. The van der Waals surface area contributed by atoms with Gasteiger partial charge in [-0.1, -0.05) is 6.07 Å². The Bertz CT molecular complexity index is 442. The Kier molecular flexibility index (Phi) is 4.76. The van der Waals surface area contributed by atoms with Gasteiger partial charge >= 0.3 is 0 Å². The van der Waals surface area contributed by atoms with Crippen molar-refractivity contribution in [2.45, 2.75) is 13.3 Å². The van der Waals surface area contributed by atoms with E-state index in [2.05, 4.69) is 5.32 Å². The summed E-state index contributed by atoms with van der Waals surface area (Å²) in [5.41, 5.74) is 8.08. The summed E-state index contributed by atoms with van der Waals surface area (Å²) in [6.45, 7) is 4.09. The van der Waals surface area contributed by atoms with Crippen LogP contribution >= 0.6 is 0 Å². The molecular formula is C14H20N2O3. The van der Waals surface area contributed by atoms with E-state index < -0.39 is 0 Å². The lowest BCUT2D eigenvalue weighted by Crippen LogP contribution is -2.21. The van der Waals surface area contributed by atoms with Crippen molar-refractivity contribution >= 4 is 17.3 Å². The van der Waals surface area contributed by atoms with Gasteiger partial charge in [0.25, 0.3) is 0 Å². The van der Waals surface area contributed by atoms with Crippen molar-refractivity contribution in [3.8, 4) is 0 Å². The zero-order chi connectivity index (χ0) is 13.7. The molecule has 0 bridgehead atoms. The van der Waals surface area contributed by atoms with Gasteiger partial charge in [0.1, 0.15) is 6.61 Å². The van der Waals surface area contributed by atoms with Crippen LogP contribution in [-0.2, 0) is 14.3 Å². The lowest BCUT2D eigenvalue weighted by Gasteiger charge is -2.11. The molecule has 0 aromatic heterocycles. The molecule has 1 heterocycles. The Morgan fingerprint density at radius 1 is 1.58 bits per heavy atom. The molecule has 2 rings (SSSR count). The largest absolute Gasteiger partial charge is 0.397 e. The van der Waals surface area contributed by atoms with E-state index in [9.17, 15) is 4.79 Å². The Morgan fingerprint density at radius 3 is 3.11 bits per heavy atom. The number of anilines is 2. The Morgan fingerprint density at radius 2 is 2.42 bits per heavy atom. The summed E-state index contributed by atoms with van der Waals surface area (Å²) in [6, 6.07) is 5.53. The zero-order valence-electron chi connectivity index (χ0n) is 11.1. The minimum atomic E-state index is -0.186. The maximum Gasteiger partial charge on any atom is 0.250 e. The number of nitrogen functional groups attached to an aromatic ring is 1. The van der Waals surface area contributed by atoms with Gasteiger partial charge in [0, 0.05) is 12.5 Å². The monoisotopic (exact) mass is 264 g/mol. The summed E-state index contributed by atoms with van der Waals surface area (Å²) in [7, 11) is 0. The van der Waals surface area contributed by atoms with Crippen LogP contribution < -0.4 is 11.1 Å². The first-order chi connectivity index (χ1) is 9.15. The van der Waals surface area contributed by atoms with Gasteiger partial charge in [-0.15, -0.1) is 0 Å². The number of carbonyl (C=O) groups is 1. The van der Waals surface area contributed by atoms with Crippen molar-refractivity contribution in [3.63, 3.8) is 0 Å². The van der Waals surface area contributed by atoms with Crippen LogP contribution in [0.25, 0.3) is 0 Å². The molecule has 0 radical (unpaired) electrons. The molecule has 0 spiro atoms. The summed E-state index contributed by atoms with van der Waals surface area (Å²) in [5.74, 6) is 0.228. The molecule has 1 aromatic rings. The van der Waals surface area contributed by atoms with E-state index >= 15 is 0 Å². The van der Waals surface area contributed by atoms with Crippen molar-refractivity contribution in [2.24, 2.45) is 5.92 Å². The normalized spacial score (nSPS) is 18.5. The van der Waals surface area contributed by atoms with Gasteiger partial charge in [-0.2, -0.15) is 0 Å². The van der Waals surface area contributed by atoms with Gasteiger partial charge in [0.15, 0.2) is 0 Å². The lowest BCUT2D eigenvalue weighted by atomic mass is 10.1. The average Bonchev–Trinajstić information content (AvgIpc) is 2.86. The summed E-state index contributed by atoms with van der Waals surface area (Å²) in [5, 5.41) is 2.74. The molecule has 19 heavy (non-hydrogen) atoms. The second kappa shape index (κ2) is 6.54. The molecule has 0 saturated carbocycles. The predicted molar refractivity (Wildman–Crippen MR) is 74.0 cm³/mol. The third-order valence-electron chi connectivity index (χ3n) is 3.09. The number of rotatable bonds is 5. The number of hydrogen-bond donors (Lipinski definition) is 2. The molecule has 1 atom stereocenters. The van der Waals surface area contributed by atoms with E-state index in [1.54, 1.807) is 6.07 Å². The van der Waals surface area contributed by atoms with E-state index in [-0.39, 0.29) is 12.5 Å². The van der Waals surface area contributed by atoms with Crippen LogP contribution in [0.1, 0.15) is 12.0 Å². The predicted octanol–water partition coefficient (Wildman–Crippen LogP) is 1.57. The highest BCUT2D eigenvalue weighted by Crippen LogP contribution is 2.19. The fourth-order valence-electron chi connectivity index (χ4n) is 2.02. The third-order valence-corrected chi connectivity index (χ3v) is 3.09. The second-order valence-electron chi connectivity index (χ2n) is 4.88. The van der Waals surface area contributed by atoms with Gasteiger partial charge in [0.05, 0.1) is 24.6 Å². The van der Waals surface area contributed by atoms with Crippen LogP contribution in [0.2, 0.25) is 0 Å². The molecule has 1 aliphatic heterocycles. The minimum absolute atomic E-state index is 0.0455. The molecule has 1 fully saturated rings. The number of ether oxygens (including phenoxy) is 2. The summed E-state index contributed by atoms with van der Waals surface area (Å²) >= 11 is 0. The number of hydrogen-bond acceptors (Lipinski definition) is 4. The quantitative estimate of drug-likeness (QED) is 0.792. The Labute approximate surface area is 113 Å². The van der Waals surface area contributed by atoms with E-state index in [4.69, 9.17) is 15.2 Å². The summed E-state index contributed by atoms with van der Waals surface area (Å²) in [6.07, 6.45) is 1.01. The molecule has 104 valence electrons. The molecule has 1 saturated heterocycles. The van der Waals surface area contributed by atoms with E-state index in [1.807, 2.05) is 19.1 Å². The molecule has 5 heteroatoms. The topological polar surface area (TPSA) is 73.6 Å². The van der Waals surface area contributed by atoms with Crippen molar-refractivity contribution in [2.75, 3.05) is 37.5 Å². The van der Waals surface area contributed by atoms with E-state index in [1.165, 1.54) is 0 Å². The molecule has 1 aromatic carbocycles. The van der Waals surface area contributed by atoms with E-state index in [0.29, 0.717) is 23.9 Å². The van der Waals surface area contributed by atoms with Gasteiger partial charge in [0.2, 0.25) is 5.91 Å². The van der Waals surface area contributed by atoms with Crippen molar-refractivity contribution in [3.05, 3.63) is 23.8 Å². The highest BCUT2D eigenvalue weighted by Gasteiger charge is 2.16.